The first-order valence-electron chi connectivity index (χ1n) is 5.57. The lowest BCUT2D eigenvalue weighted by Gasteiger charge is -2.23. The van der Waals surface area contributed by atoms with E-state index in [-0.39, 0.29) is 0 Å². The van der Waals surface area contributed by atoms with Gasteiger partial charge in [-0.3, -0.25) is 0 Å². The number of rotatable bonds is 3. The second-order valence-electron chi connectivity index (χ2n) is 4.48. The van der Waals surface area contributed by atoms with Crippen molar-refractivity contribution < 1.29 is 0 Å². The molecule has 0 aliphatic heterocycles. The van der Waals surface area contributed by atoms with Crippen molar-refractivity contribution in [1.29, 1.82) is 0 Å². The van der Waals surface area contributed by atoms with Gasteiger partial charge in [0.1, 0.15) is 7.74 Å². The Balaban J connectivity index is 2.21. The zero-order valence-corrected chi connectivity index (χ0v) is 11.8. The van der Waals surface area contributed by atoms with E-state index in [0.29, 0.717) is 0 Å². The standard InChI is InChI=1S/C14H17PSi/c1-16(2,14-11-7-4-8-12-14)15-13-9-5-3-6-10-13/h3-12,15H,1-2H3. The van der Waals surface area contributed by atoms with Crippen LogP contribution in [0.1, 0.15) is 0 Å². The van der Waals surface area contributed by atoms with Gasteiger partial charge in [-0.25, -0.2) is 0 Å². The lowest BCUT2D eigenvalue weighted by Crippen LogP contribution is -2.38. The lowest BCUT2D eigenvalue weighted by atomic mass is 10.4. The van der Waals surface area contributed by atoms with Crippen LogP contribution in [0.4, 0.5) is 0 Å². The molecular formula is C14H17PSi. The third-order valence-electron chi connectivity index (χ3n) is 2.73. The fraction of sp³-hybridized carbons (Fsp3) is 0.143. The molecule has 16 heavy (non-hydrogen) atoms. The monoisotopic (exact) mass is 244 g/mol. The zero-order valence-electron chi connectivity index (χ0n) is 9.77. The van der Waals surface area contributed by atoms with E-state index in [1.165, 1.54) is 5.30 Å². The molecule has 0 heterocycles. The average molecular weight is 244 g/mol. The van der Waals surface area contributed by atoms with Gasteiger partial charge in [-0.2, -0.15) is 0 Å². The van der Waals surface area contributed by atoms with Crippen molar-refractivity contribution in [2.45, 2.75) is 13.1 Å². The molecule has 1 unspecified atom stereocenters. The van der Waals surface area contributed by atoms with Crippen molar-refractivity contribution in [1.82, 2.24) is 0 Å². The normalized spacial score (nSPS) is 12.1. The molecule has 0 saturated heterocycles. The highest BCUT2D eigenvalue weighted by atomic mass is 31.3. The summed E-state index contributed by atoms with van der Waals surface area (Å²) in [6.45, 7) is 4.90. The van der Waals surface area contributed by atoms with Crippen molar-refractivity contribution in [2.75, 3.05) is 0 Å². The first kappa shape index (κ1) is 11.6. The molecule has 0 radical (unpaired) electrons. The molecule has 82 valence electrons. The summed E-state index contributed by atoms with van der Waals surface area (Å²) in [6, 6.07) is 21.8. The molecule has 2 aromatic rings. The summed E-state index contributed by atoms with van der Waals surface area (Å²) in [5, 5.41) is 3.04. The third kappa shape index (κ3) is 2.81. The number of hydrogen-bond donors (Lipinski definition) is 0. The maximum absolute atomic E-state index is 2.45. The molecule has 2 rings (SSSR count). The molecule has 0 fully saturated rings. The summed E-state index contributed by atoms with van der Waals surface area (Å²) < 4.78 is 0. The molecule has 0 aromatic heterocycles. The minimum atomic E-state index is -1.29. The van der Waals surface area contributed by atoms with Gasteiger partial charge in [-0.15, -0.1) is 0 Å². The molecule has 0 spiro atoms. The average Bonchev–Trinajstić information content (AvgIpc) is 2.31. The van der Waals surface area contributed by atoms with Crippen molar-refractivity contribution in [3.8, 4) is 0 Å². The smallest absolute Gasteiger partial charge is 0.0975 e. The van der Waals surface area contributed by atoms with Crippen molar-refractivity contribution in [3.63, 3.8) is 0 Å². The first-order chi connectivity index (χ1) is 7.68. The number of benzene rings is 2. The van der Waals surface area contributed by atoms with E-state index in [0.717, 1.165) is 8.13 Å². The first-order valence-corrected chi connectivity index (χ1v) is 10.6. The molecule has 0 aliphatic carbocycles. The lowest BCUT2D eigenvalue weighted by molar-refractivity contribution is 1.73. The van der Waals surface area contributed by atoms with Crippen LogP contribution in [0.5, 0.6) is 0 Å². The molecule has 0 nitrogen and oxygen atoms in total. The predicted molar refractivity (Wildman–Crippen MR) is 77.9 cm³/mol. The predicted octanol–water partition coefficient (Wildman–Crippen LogP) is 3.10. The van der Waals surface area contributed by atoms with E-state index in [4.69, 9.17) is 0 Å². The minimum Gasteiger partial charge on any atom is -0.0975 e. The molecule has 0 N–H and O–H groups in total. The highest BCUT2D eigenvalue weighted by Crippen LogP contribution is 2.25. The van der Waals surface area contributed by atoms with Gasteiger partial charge in [0.15, 0.2) is 0 Å². The Bertz CT molecular complexity index is 437. The van der Waals surface area contributed by atoms with E-state index < -0.39 is 7.74 Å². The Morgan fingerprint density at radius 1 is 0.750 bits per heavy atom. The summed E-state index contributed by atoms with van der Waals surface area (Å²) in [4.78, 5) is 0. The van der Waals surface area contributed by atoms with E-state index in [1.54, 1.807) is 5.19 Å². The van der Waals surface area contributed by atoms with Gasteiger partial charge < -0.3 is 0 Å². The van der Waals surface area contributed by atoms with Gasteiger partial charge in [-0.1, -0.05) is 87.1 Å². The molecule has 2 aromatic carbocycles. The van der Waals surface area contributed by atoms with Crippen LogP contribution in [0, 0.1) is 0 Å². The highest BCUT2D eigenvalue weighted by molar-refractivity contribution is 7.89. The van der Waals surface area contributed by atoms with E-state index in [9.17, 15) is 0 Å². The third-order valence-corrected chi connectivity index (χ3v) is 9.36. The van der Waals surface area contributed by atoms with Crippen LogP contribution in [0.15, 0.2) is 60.7 Å². The van der Waals surface area contributed by atoms with Crippen molar-refractivity contribution >= 4 is 26.4 Å². The topological polar surface area (TPSA) is 0 Å². The maximum atomic E-state index is 2.45. The Hall–Kier alpha value is -0.913. The second kappa shape index (κ2) is 4.95. The van der Waals surface area contributed by atoms with Gasteiger partial charge in [0, 0.05) is 0 Å². The maximum Gasteiger partial charge on any atom is 0.108 e. The van der Waals surface area contributed by atoms with Gasteiger partial charge in [0.2, 0.25) is 0 Å². The molecule has 2 heteroatoms. The molecular weight excluding hydrogens is 227 g/mol. The molecule has 0 aliphatic rings. The Morgan fingerprint density at radius 3 is 1.81 bits per heavy atom. The van der Waals surface area contributed by atoms with Crippen LogP contribution >= 0.6 is 8.13 Å². The van der Waals surface area contributed by atoms with Crippen LogP contribution in [-0.4, -0.2) is 7.74 Å². The van der Waals surface area contributed by atoms with Crippen LogP contribution in [0.3, 0.4) is 0 Å². The van der Waals surface area contributed by atoms with Gasteiger partial charge in [0.25, 0.3) is 0 Å². The van der Waals surface area contributed by atoms with E-state index in [2.05, 4.69) is 73.8 Å². The fourth-order valence-corrected chi connectivity index (χ4v) is 7.66. The summed E-state index contributed by atoms with van der Waals surface area (Å²) in [5.74, 6) is 0. The summed E-state index contributed by atoms with van der Waals surface area (Å²) >= 11 is 0. The second-order valence-corrected chi connectivity index (χ2v) is 13.6. The Morgan fingerprint density at radius 2 is 1.25 bits per heavy atom. The zero-order chi connectivity index (χ0) is 11.4. The molecule has 1 atom stereocenters. The van der Waals surface area contributed by atoms with Crippen molar-refractivity contribution in [2.24, 2.45) is 0 Å². The van der Waals surface area contributed by atoms with E-state index >= 15 is 0 Å². The van der Waals surface area contributed by atoms with Crippen LogP contribution < -0.4 is 10.5 Å². The van der Waals surface area contributed by atoms with Gasteiger partial charge >= 0.3 is 0 Å². The van der Waals surface area contributed by atoms with Crippen LogP contribution in [0.2, 0.25) is 13.1 Å². The molecule has 0 bridgehead atoms. The minimum absolute atomic E-state index is 0.947. The molecule has 0 saturated carbocycles. The number of hydrogen-bond acceptors (Lipinski definition) is 0. The Labute approximate surface area is 100 Å². The Kier molecular flexibility index (Phi) is 3.58. The summed E-state index contributed by atoms with van der Waals surface area (Å²) in [7, 11) is -0.345. The highest BCUT2D eigenvalue weighted by Gasteiger charge is 2.23. The fourth-order valence-electron chi connectivity index (χ4n) is 1.81. The molecule has 0 amide bonds. The largest absolute Gasteiger partial charge is 0.108 e. The summed E-state index contributed by atoms with van der Waals surface area (Å²) in [5.41, 5.74) is 0. The van der Waals surface area contributed by atoms with Crippen LogP contribution in [0.25, 0.3) is 0 Å². The van der Waals surface area contributed by atoms with Crippen LogP contribution in [-0.2, 0) is 0 Å². The summed E-state index contributed by atoms with van der Waals surface area (Å²) in [6.07, 6.45) is 0. The van der Waals surface area contributed by atoms with Gasteiger partial charge in [-0.05, 0) is 5.30 Å². The quantitative estimate of drug-likeness (QED) is 0.575. The van der Waals surface area contributed by atoms with Crippen molar-refractivity contribution in [3.05, 3.63) is 60.7 Å². The van der Waals surface area contributed by atoms with E-state index in [1.807, 2.05) is 0 Å². The SMILES string of the molecule is C[Si](C)(Pc1ccccc1)c1ccccc1. The van der Waals surface area contributed by atoms with Gasteiger partial charge in [0.05, 0.1) is 0 Å².